The Balaban J connectivity index is 1.20. The third kappa shape index (κ3) is 4.95. The van der Waals surface area contributed by atoms with Crippen LogP contribution < -0.4 is 14.8 Å². The summed E-state index contributed by atoms with van der Waals surface area (Å²) in [4.78, 5) is 29.6. The van der Waals surface area contributed by atoms with E-state index in [2.05, 4.69) is 57.4 Å². The molecule has 1 N–H and O–H groups in total. The fourth-order valence-electron chi connectivity index (χ4n) is 5.53. The summed E-state index contributed by atoms with van der Waals surface area (Å²) in [6.07, 6.45) is 9.76. The number of hydrogen-bond donors (Lipinski definition) is 1. The number of carboxylic acid groups (broad SMARTS) is 1. The van der Waals surface area contributed by atoms with Crippen LogP contribution in [0.4, 0.5) is 22.7 Å². The van der Waals surface area contributed by atoms with Crippen LogP contribution in [0.5, 0.6) is 0 Å². The monoisotopic (exact) mass is 518 g/mol. The lowest BCUT2D eigenvalue weighted by atomic mass is 9.98. The number of amides is 1. The number of nitrogens with zero attached hydrogens (tertiary/aromatic N) is 4. The van der Waals surface area contributed by atoms with Crippen molar-refractivity contribution in [2.45, 2.75) is 25.7 Å². The fourth-order valence-corrected chi connectivity index (χ4v) is 5.53. The van der Waals surface area contributed by atoms with E-state index in [1.165, 1.54) is 41.5 Å². The second kappa shape index (κ2) is 10.6. The summed E-state index contributed by atoms with van der Waals surface area (Å²) in [6, 6.07) is 24.1. The van der Waals surface area contributed by atoms with Crippen molar-refractivity contribution in [1.82, 2.24) is 0 Å². The van der Waals surface area contributed by atoms with E-state index in [-0.39, 0.29) is 11.3 Å². The van der Waals surface area contributed by atoms with E-state index in [1.54, 1.807) is 30.3 Å². The third-order valence-electron chi connectivity index (χ3n) is 7.49. The van der Waals surface area contributed by atoms with Gasteiger partial charge in [-0.1, -0.05) is 36.4 Å². The molecule has 3 aliphatic rings. The Morgan fingerprint density at radius 2 is 1.59 bits per heavy atom. The number of carboxylic acids is 1. The molecule has 0 aliphatic carbocycles. The molecule has 3 aromatic rings. The van der Waals surface area contributed by atoms with Crippen molar-refractivity contribution in [2.75, 3.05) is 34.4 Å². The third-order valence-corrected chi connectivity index (χ3v) is 7.49. The predicted octanol–water partition coefficient (Wildman–Crippen LogP) is 5.80. The number of anilines is 4. The highest BCUT2D eigenvalue weighted by Crippen LogP contribution is 2.35. The summed E-state index contributed by atoms with van der Waals surface area (Å²) < 4.78 is 0. The standard InChI is InChI=1S/C32H30N4O3/c37-31-28(30(32(38)39)33-36(31)27-10-2-1-3-11-27)12-6-8-23-13-18-29-24(22-23)9-7-21-35(29)26-16-14-25(15-17-26)34-19-4-5-20-34/h1-3,6,8,10-18,22H,4-5,7,9,19-21H2,(H,38,39)/b8-6+,28-12-. The molecule has 3 aliphatic heterocycles. The second-order valence-corrected chi connectivity index (χ2v) is 10.00. The first-order chi connectivity index (χ1) is 19.1. The van der Waals surface area contributed by atoms with Crippen molar-refractivity contribution in [1.29, 1.82) is 0 Å². The number of fused-ring (bicyclic) bond motifs is 1. The number of rotatable bonds is 6. The minimum absolute atomic E-state index is 0.0594. The largest absolute Gasteiger partial charge is 0.476 e. The zero-order chi connectivity index (χ0) is 26.8. The zero-order valence-corrected chi connectivity index (χ0v) is 21.7. The van der Waals surface area contributed by atoms with Crippen LogP contribution in [0.2, 0.25) is 0 Å². The van der Waals surface area contributed by atoms with Crippen molar-refractivity contribution < 1.29 is 14.7 Å². The number of allylic oxidation sites excluding steroid dienone is 2. The maximum Gasteiger partial charge on any atom is 0.357 e. The maximum absolute atomic E-state index is 13.0. The normalized spacial score (nSPS) is 18.3. The molecule has 39 heavy (non-hydrogen) atoms. The van der Waals surface area contributed by atoms with E-state index in [1.807, 2.05) is 12.1 Å². The van der Waals surface area contributed by atoms with Gasteiger partial charge in [-0.25, -0.2) is 4.79 Å². The Kier molecular flexibility index (Phi) is 6.71. The summed E-state index contributed by atoms with van der Waals surface area (Å²) in [6.45, 7) is 3.26. The summed E-state index contributed by atoms with van der Waals surface area (Å²) in [7, 11) is 0. The number of aryl methyl sites for hydroxylation is 1. The van der Waals surface area contributed by atoms with Crippen molar-refractivity contribution in [2.24, 2.45) is 5.10 Å². The van der Waals surface area contributed by atoms with E-state index in [0.29, 0.717) is 5.69 Å². The van der Waals surface area contributed by atoms with Crippen LogP contribution in [0.25, 0.3) is 6.08 Å². The molecule has 196 valence electrons. The second-order valence-electron chi connectivity index (χ2n) is 10.00. The summed E-state index contributed by atoms with van der Waals surface area (Å²) >= 11 is 0. The molecule has 7 nitrogen and oxygen atoms in total. The molecule has 3 aromatic carbocycles. The van der Waals surface area contributed by atoms with Crippen LogP contribution in [0, 0.1) is 0 Å². The van der Waals surface area contributed by atoms with Gasteiger partial charge in [0.15, 0.2) is 5.71 Å². The molecule has 1 fully saturated rings. The van der Waals surface area contributed by atoms with E-state index >= 15 is 0 Å². The van der Waals surface area contributed by atoms with Gasteiger partial charge in [-0.15, -0.1) is 0 Å². The van der Waals surface area contributed by atoms with Crippen LogP contribution in [0.1, 0.15) is 30.4 Å². The average molecular weight is 519 g/mol. The van der Waals surface area contributed by atoms with Gasteiger partial charge in [-0.3, -0.25) is 4.79 Å². The number of hydrogen-bond acceptors (Lipinski definition) is 5. The molecular weight excluding hydrogens is 488 g/mol. The molecule has 0 spiro atoms. The Bertz CT molecular complexity index is 1490. The van der Waals surface area contributed by atoms with Gasteiger partial charge in [0, 0.05) is 36.7 Å². The lowest BCUT2D eigenvalue weighted by Crippen LogP contribution is -2.24. The van der Waals surface area contributed by atoms with Gasteiger partial charge in [0.1, 0.15) is 0 Å². The van der Waals surface area contributed by atoms with E-state index in [9.17, 15) is 14.7 Å². The molecule has 1 amide bonds. The number of hydrazone groups is 1. The van der Waals surface area contributed by atoms with Gasteiger partial charge in [-0.2, -0.15) is 10.1 Å². The molecule has 1 saturated heterocycles. The van der Waals surface area contributed by atoms with Crippen LogP contribution in [0.3, 0.4) is 0 Å². The van der Waals surface area contributed by atoms with Crippen molar-refractivity contribution in [3.63, 3.8) is 0 Å². The number of para-hydroxylation sites is 1. The van der Waals surface area contributed by atoms with E-state index < -0.39 is 11.9 Å². The minimum atomic E-state index is -1.23. The van der Waals surface area contributed by atoms with E-state index in [4.69, 9.17) is 0 Å². The molecule has 0 radical (unpaired) electrons. The molecule has 7 heteroatoms. The van der Waals surface area contributed by atoms with Gasteiger partial charge in [0.05, 0.1) is 11.3 Å². The summed E-state index contributed by atoms with van der Waals surface area (Å²) in [5.41, 5.74) is 6.32. The molecule has 0 saturated carbocycles. The number of carbonyl (C=O) groups excluding carboxylic acids is 1. The Hall–Kier alpha value is -4.65. The van der Waals surface area contributed by atoms with Crippen molar-refractivity contribution in [3.05, 3.63) is 102 Å². The van der Waals surface area contributed by atoms with Crippen molar-refractivity contribution in [3.8, 4) is 0 Å². The fraction of sp³-hybridized carbons (Fsp3) is 0.219. The highest BCUT2D eigenvalue weighted by molar-refractivity contribution is 6.52. The van der Waals surface area contributed by atoms with Gasteiger partial charge in [-0.05, 0) is 91.4 Å². The van der Waals surface area contributed by atoms with Gasteiger partial charge in [0.25, 0.3) is 5.91 Å². The SMILES string of the molecule is O=C(O)C1=NN(c2ccccc2)C(=O)/C1=C\C=C\c1ccc2c(c1)CCCN2c1ccc(N2CCCC2)cc1. The molecule has 0 atom stereocenters. The first kappa shape index (κ1) is 24.7. The van der Waals surface area contributed by atoms with E-state index in [0.717, 1.165) is 43.0 Å². The van der Waals surface area contributed by atoms with Gasteiger partial charge < -0.3 is 14.9 Å². The topological polar surface area (TPSA) is 76.4 Å². The molecule has 0 bridgehead atoms. The lowest BCUT2D eigenvalue weighted by molar-refractivity contribution is -0.129. The molecular formula is C32H30N4O3. The Morgan fingerprint density at radius 1 is 0.846 bits per heavy atom. The van der Waals surface area contributed by atoms with Gasteiger partial charge >= 0.3 is 5.97 Å². The first-order valence-electron chi connectivity index (χ1n) is 13.4. The molecule has 6 rings (SSSR count). The minimum Gasteiger partial charge on any atom is -0.476 e. The molecule has 0 aromatic heterocycles. The smallest absolute Gasteiger partial charge is 0.357 e. The Morgan fingerprint density at radius 3 is 2.33 bits per heavy atom. The highest BCUT2D eigenvalue weighted by atomic mass is 16.4. The highest BCUT2D eigenvalue weighted by Gasteiger charge is 2.34. The van der Waals surface area contributed by atoms with Crippen LogP contribution in [0.15, 0.2) is 95.6 Å². The van der Waals surface area contributed by atoms with Crippen LogP contribution >= 0.6 is 0 Å². The average Bonchev–Trinajstić information content (AvgIpc) is 3.62. The number of benzene rings is 3. The van der Waals surface area contributed by atoms with Crippen LogP contribution in [-0.2, 0) is 16.0 Å². The summed E-state index contributed by atoms with van der Waals surface area (Å²) in [5, 5.41) is 14.8. The zero-order valence-electron chi connectivity index (χ0n) is 21.7. The lowest BCUT2D eigenvalue weighted by Gasteiger charge is -2.32. The summed E-state index contributed by atoms with van der Waals surface area (Å²) in [5.74, 6) is -1.69. The number of aliphatic carboxylic acids is 1. The quantitative estimate of drug-likeness (QED) is 0.418. The molecule has 3 heterocycles. The van der Waals surface area contributed by atoms with Crippen LogP contribution in [-0.4, -0.2) is 42.3 Å². The predicted molar refractivity (Wildman–Crippen MR) is 156 cm³/mol. The van der Waals surface area contributed by atoms with Crippen molar-refractivity contribution >= 4 is 46.4 Å². The molecule has 0 unspecified atom stereocenters. The Labute approximate surface area is 228 Å². The first-order valence-corrected chi connectivity index (χ1v) is 13.4. The van der Waals surface area contributed by atoms with Gasteiger partial charge in [0.2, 0.25) is 0 Å². The maximum atomic E-state index is 13.0. The number of carbonyl (C=O) groups is 2.